The molecule has 1 heterocycles. The van der Waals surface area contributed by atoms with Gasteiger partial charge < -0.3 is 15.1 Å². The van der Waals surface area contributed by atoms with E-state index < -0.39 is 0 Å². The topological polar surface area (TPSA) is 35.6 Å². The van der Waals surface area contributed by atoms with Crippen molar-refractivity contribution in [2.24, 2.45) is 0 Å². The Hall–Kier alpha value is -1.55. The summed E-state index contributed by atoms with van der Waals surface area (Å²) in [4.78, 5) is 17.0. The summed E-state index contributed by atoms with van der Waals surface area (Å²) in [6.45, 7) is 7.83. The van der Waals surface area contributed by atoms with Crippen LogP contribution in [0.5, 0.6) is 0 Å². The number of hydrogen-bond donors (Lipinski definition) is 1. The Bertz CT molecular complexity index is 461. The molecule has 1 aromatic rings. The molecule has 4 heteroatoms. The average molecular weight is 275 g/mol. The first-order valence-electron chi connectivity index (χ1n) is 7.46. The number of hydrogen-bond acceptors (Lipinski definition) is 3. The van der Waals surface area contributed by atoms with Crippen LogP contribution in [-0.2, 0) is 0 Å². The highest BCUT2D eigenvalue weighted by atomic mass is 16.2. The minimum Gasteiger partial charge on any atom is -0.384 e. The molecule has 0 bridgehead atoms. The first-order chi connectivity index (χ1) is 9.63. The second kappa shape index (κ2) is 6.75. The molecule has 2 rings (SSSR count). The molecule has 1 aliphatic rings. The third kappa shape index (κ3) is 3.31. The Kier molecular flexibility index (Phi) is 5.01. The van der Waals surface area contributed by atoms with Gasteiger partial charge >= 0.3 is 0 Å². The van der Waals surface area contributed by atoms with Crippen LogP contribution in [0, 0.1) is 0 Å². The Morgan fingerprint density at radius 1 is 1.35 bits per heavy atom. The van der Waals surface area contributed by atoms with Crippen molar-refractivity contribution in [2.75, 3.05) is 38.5 Å². The third-order valence-corrected chi connectivity index (χ3v) is 3.81. The predicted octanol–water partition coefficient (Wildman–Crippen LogP) is 2.28. The largest absolute Gasteiger partial charge is 0.384 e. The average Bonchev–Trinajstić information content (AvgIpc) is 2.45. The molecule has 1 unspecified atom stereocenters. The minimum atomic E-state index is 0.143. The second-order valence-electron chi connectivity index (χ2n) is 5.58. The Labute approximate surface area is 121 Å². The molecule has 1 aromatic carbocycles. The number of anilines is 1. The molecule has 0 radical (unpaired) electrons. The number of piperazine rings is 1. The SMILES string of the molecule is CCCNc1ccccc1C(=O)N1CCN(C)CC1C. The van der Waals surface area contributed by atoms with E-state index in [4.69, 9.17) is 0 Å². The van der Waals surface area contributed by atoms with Gasteiger partial charge in [0.25, 0.3) is 5.91 Å². The molecule has 1 amide bonds. The summed E-state index contributed by atoms with van der Waals surface area (Å²) in [5.41, 5.74) is 1.74. The van der Waals surface area contributed by atoms with Crippen molar-refractivity contribution in [2.45, 2.75) is 26.3 Å². The normalized spacial score (nSPS) is 19.9. The van der Waals surface area contributed by atoms with Crippen LogP contribution in [0.3, 0.4) is 0 Å². The predicted molar refractivity (Wildman–Crippen MR) is 83.2 cm³/mol. The van der Waals surface area contributed by atoms with Gasteiger partial charge in [-0.1, -0.05) is 19.1 Å². The van der Waals surface area contributed by atoms with Crippen LogP contribution >= 0.6 is 0 Å². The van der Waals surface area contributed by atoms with Gasteiger partial charge in [-0.05, 0) is 32.5 Å². The monoisotopic (exact) mass is 275 g/mol. The van der Waals surface area contributed by atoms with E-state index in [2.05, 4.69) is 31.1 Å². The van der Waals surface area contributed by atoms with Gasteiger partial charge in [-0.25, -0.2) is 0 Å². The van der Waals surface area contributed by atoms with E-state index in [0.29, 0.717) is 0 Å². The molecular weight excluding hydrogens is 250 g/mol. The number of nitrogens with zero attached hydrogens (tertiary/aromatic N) is 2. The fraction of sp³-hybridized carbons (Fsp3) is 0.562. The zero-order valence-corrected chi connectivity index (χ0v) is 12.7. The quantitative estimate of drug-likeness (QED) is 0.915. The zero-order valence-electron chi connectivity index (χ0n) is 12.7. The molecule has 1 saturated heterocycles. The lowest BCUT2D eigenvalue weighted by molar-refractivity contribution is 0.0534. The van der Waals surface area contributed by atoms with Gasteiger partial charge in [-0.3, -0.25) is 4.79 Å². The number of carbonyl (C=O) groups is 1. The molecule has 0 saturated carbocycles. The first kappa shape index (κ1) is 14.9. The van der Waals surface area contributed by atoms with Crippen molar-refractivity contribution in [3.05, 3.63) is 29.8 Å². The van der Waals surface area contributed by atoms with Gasteiger partial charge in [0.05, 0.1) is 5.56 Å². The summed E-state index contributed by atoms with van der Waals surface area (Å²) in [7, 11) is 2.11. The maximum absolute atomic E-state index is 12.8. The highest BCUT2D eigenvalue weighted by Gasteiger charge is 2.27. The van der Waals surface area contributed by atoms with Crippen molar-refractivity contribution in [3.8, 4) is 0 Å². The Balaban J connectivity index is 2.16. The van der Waals surface area contributed by atoms with Gasteiger partial charge in [0.2, 0.25) is 0 Å². The fourth-order valence-electron chi connectivity index (χ4n) is 2.68. The summed E-state index contributed by atoms with van der Waals surface area (Å²) in [5.74, 6) is 0.143. The van der Waals surface area contributed by atoms with Gasteiger partial charge in [-0.2, -0.15) is 0 Å². The number of carbonyl (C=O) groups excluding carboxylic acids is 1. The van der Waals surface area contributed by atoms with Crippen LogP contribution in [0.15, 0.2) is 24.3 Å². The van der Waals surface area contributed by atoms with E-state index in [1.807, 2.05) is 29.2 Å². The maximum atomic E-state index is 12.8. The molecule has 1 N–H and O–H groups in total. The molecule has 1 aliphatic heterocycles. The summed E-state index contributed by atoms with van der Waals surface area (Å²) in [5, 5.41) is 3.35. The van der Waals surface area contributed by atoms with Gasteiger partial charge in [0, 0.05) is 37.9 Å². The summed E-state index contributed by atoms with van der Waals surface area (Å²) in [6.07, 6.45) is 1.05. The minimum absolute atomic E-state index is 0.143. The first-order valence-corrected chi connectivity index (χ1v) is 7.46. The smallest absolute Gasteiger partial charge is 0.256 e. The number of rotatable bonds is 4. The molecular formula is C16H25N3O. The summed E-state index contributed by atoms with van der Waals surface area (Å²) < 4.78 is 0. The van der Waals surface area contributed by atoms with Gasteiger partial charge in [-0.15, -0.1) is 0 Å². The van der Waals surface area contributed by atoms with E-state index in [1.165, 1.54) is 0 Å². The Morgan fingerprint density at radius 2 is 2.10 bits per heavy atom. The summed E-state index contributed by atoms with van der Waals surface area (Å²) in [6, 6.07) is 8.09. The van der Waals surface area contributed by atoms with Crippen LogP contribution in [-0.4, -0.2) is 55.0 Å². The maximum Gasteiger partial charge on any atom is 0.256 e. The molecule has 0 spiro atoms. The lowest BCUT2D eigenvalue weighted by Gasteiger charge is -2.38. The number of amides is 1. The van der Waals surface area contributed by atoms with Crippen LogP contribution in [0.4, 0.5) is 5.69 Å². The van der Waals surface area contributed by atoms with Crippen molar-refractivity contribution in [1.29, 1.82) is 0 Å². The van der Waals surface area contributed by atoms with Gasteiger partial charge in [0.15, 0.2) is 0 Å². The highest BCUT2D eigenvalue weighted by molar-refractivity contribution is 5.99. The van der Waals surface area contributed by atoms with E-state index in [9.17, 15) is 4.79 Å². The Morgan fingerprint density at radius 3 is 2.80 bits per heavy atom. The molecule has 4 nitrogen and oxygen atoms in total. The van der Waals surface area contributed by atoms with Crippen molar-refractivity contribution < 1.29 is 4.79 Å². The van der Waals surface area contributed by atoms with E-state index in [-0.39, 0.29) is 11.9 Å². The van der Waals surface area contributed by atoms with Crippen LogP contribution in [0.2, 0.25) is 0 Å². The number of nitrogens with one attached hydrogen (secondary N) is 1. The van der Waals surface area contributed by atoms with E-state index in [0.717, 1.165) is 43.9 Å². The highest BCUT2D eigenvalue weighted by Crippen LogP contribution is 2.20. The van der Waals surface area contributed by atoms with Crippen LogP contribution in [0.25, 0.3) is 0 Å². The molecule has 110 valence electrons. The van der Waals surface area contributed by atoms with E-state index in [1.54, 1.807) is 0 Å². The number of benzene rings is 1. The van der Waals surface area contributed by atoms with Crippen LogP contribution < -0.4 is 5.32 Å². The van der Waals surface area contributed by atoms with Crippen molar-refractivity contribution >= 4 is 11.6 Å². The second-order valence-corrected chi connectivity index (χ2v) is 5.58. The van der Waals surface area contributed by atoms with Gasteiger partial charge in [0.1, 0.15) is 0 Å². The zero-order chi connectivity index (χ0) is 14.5. The third-order valence-electron chi connectivity index (χ3n) is 3.81. The lowest BCUT2D eigenvalue weighted by atomic mass is 10.1. The molecule has 0 aliphatic carbocycles. The van der Waals surface area contributed by atoms with Crippen molar-refractivity contribution in [1.82, 2.24) is 9.80 Å². The number of para-hydroxylation sites is 1. The number of likely N-dealkylation sites (N-methyl/N-ethyl adjacent to an activating group) is 1. The fourth-order valence-corrected chi connectivity index (χ4v) is 2.68. The lowest BCUT2D eigenvalue weighted by Crippen LogP contribution is -2.52. The standard InChI is InChI=1S/C16H25N3O/c1-4-9-17-15-8-6-5-7-14(15)16(20)19-11-10-18(3)12-13(19)2/h5-8,13,17H,4,9-12H2,1-3H3. The van der Waals surface area contributed by atoms with Crippen LogP contribution in [0.1, 0.15) is 30.6 Å². The molecule has 0 aromatic heterocycles. The molecule has 1 fully saturated rings. The molecule has 20 heavy (non-hydrogen) atoms. The van der Waals surface area contributed by atoms with Crippen molar-refractivity contribution in [3.63, 3.8) is 0 Å². The summed E-state index contributed by atoms with van der Waals surface area (Å²) >= 11 is 0. The van der Waals surface area contributed by atoms with E-state index >= 15 is 0 Å². The molecule has 1 atom stereocenters.